The van der Waals surface area contributed by atoms with E-state index in [0.29, 0.717) is 13.1 Å². The summed E-state index contributed by atoms with van der Waals surface area (Å²) in [6.07, 6.45) is 13.1. The van der Waals surface area contributed by atoms with Crippen LogP contribution in [0.1, 0.15) is 101 Å². The minimum atomic E-state index is -0.491. The number of H-pyrrole nitrogens is 2. The van der Waals surface area contributed by atoms with E-state index in [4.69, 9.17) is 19.4 Å². The van der Waals surface area contributed by atoms with Crippen molar-refractivity contribution in [2.45, 2.75) is 101 Å². The van der Waals surface area contributed by atoms with Gasteiger partial charge in [0.25, 0.3) is 0 Å². The number of carbonyl (C=O) groups is 4. The molecular formula is C44H54N8O6. The first kappa shape index (κ1) is 39.2. The van der Waals surface area contributed by atoms with Gasteiger partial charge in [-0.05, 0) is 73.6 Å². The molecule has 306 valence electrons. The van der Waals surface area contributed by atoms with Gasteiger partial charge >= 0.3 is 12.2 Å². The summed E-state index contributed by atoms with van der Waals surface area (Å²) in [4.78, 5) is 72.1. The summed E-state index contributed by atoms with van der Waals surface area (Å²) < 4.78 is 9.66. The van der Waals surface area contributed by atoms with E-state index in [-0.39, 0.29) is 47.8 Å². The van der Waals surface area contributed by atoms with E-state index < -0.39 is 12.2 Å². The summed E-state index contributed by atoms with van der Waals surface area (Å²) in [5.41, 5.74) is 5.97. The minimum absolute atomic E-state index is 0.0810. The Bertz CT molecular complexity index is 1930. The molecule has 6 atom stereocenters. The summed E-state index contributed by atoms with van der Waals surface area (Å²) in [6.45, 7) is 1.35. The van der Waals surface area contributed by atoms with Crippen molar-refractivity contribution in [3.63, 3.8) is 0 Å². The second-order valence-electron chi connectivity index (χ2n) is 16.2. The van der Waals surface area contributed by atoms with E-state index in [1.807, 2.05) is 22.2 Å². The number of amides is 4. The Morgan fingerprint density at radius 3 is 1.33 bits per heavy atom. The third kappa shape index (κ3) is 8.19. The number of methoxy groups -OCH3 is 2. The highest BCUT2D eigenvalue weighted by atomic mass is 16.5. The van der Waals surface area contributed by atoms with E-state index in [0.717, 1.165) is 122 Å². The van der Waals surface area contributed by atoms with Crippen molar-refractivity contribution in [2.75, 3.05) is 27.3 Å². The number of aromatic nitrogens is 4. The van der Waals surface area contributed by atoms with Crippen LogP contribution in [0.4, 0.5) is 9.59 Å². The highest BCUT2D eigenvalue weighted by Crippen LogP contribution is 2.38. The van der Waals surface area contributed by atoms with Crippen molar-refractivity contribution in [3.05, 3.63) is 72.6 Å². The number of ether oxygens (including phenoxy) is 2. The van der Waals surface area contributed by atoms with Crippen LogP contribution in [0.25, 0.3) is 33.6 Å². The SMILES string of the molecule is COC(=O)N[C@@H]1CCCC[C@@H]1C(=O)N1CCC[C@H]1c1ncc(-c2ccc(-c3ccc(-c4cnc([C@@H]5CCCN5C(=O)[C@H]5CCCC[C@H]5NC(=O)OC)[nH]4)cc3)cc2)[nH]1. The Balaban J connectivity index is 0.901. The molecule has 14 heteroatoms. The molecule has 4 aromatic rings. The highest BCUT2D eigenvalue weighted by molar-refractivity contribution is 5.82. The van der Waals surface area contributed by atoms with Crippen LogP contribution < -0.4 is 10.6 Å². The molecule has 0 unspecified atom stereocenters. The van der Waals surface area contributed by atoms with E-state index >= 15 is 0 Å². The van der Waals surface area contributed by atoms with Gasteiger partial charge in [0.15, 0.2) is 0 Å². The average Bonchev–Trinajstić information content (AvgIpc) is 4.11. The Labute approximate surface area is 338 Å². The van der Waals surface area contributed by atoms with Gasteiger partial charge in [0.1, 0.15) is 11.6 Å². The molecule has 4 N–H and O–H groups in total. The lowest BCUT2D eigenvalue weighted by Crippen LogP contribution is -2.49. The van der Waals surface area contributed by atoms with Crippen LogP contribution in [0, 0.1) is 11.8 Å². The summed E-state index contributed by atoms with van der Waals surface area (Å²) in [7, 11) is 2.70. The smallest absolute Gasteiger partial charge is 0.407 e. The van der Waals surface area contributed by atoms with Gasteiger partial charge in [-0.2, -0.15) is 0 Å². The van der Waals surface area contributed by atoms with Gasteiger partial charge in [-0.3, -0.25) is 9.59 Å². The molecule has 58 heavy (non-hydrogen) atoms. The molecule has 0 radical (unpaired) electrons. The van der Waals surface area contributed by atoms with Crippen molar-refractivity contribution in [3.8, 4) is 33.6 Å². The predicted octanol–water partition coefficient (Wildman–Crippen LogP) is 7.29. The van der Waals surface area contributed by atoms with Gasteiger partial charge in [0.2, 0.25) is 11.8 Å². The lowest BCUT2D eigenvalue weighted by Gasteiger charge is -2.35. The van der Waals surface area contributed by atoms with Crippen LogP contribution in [0.15, 0.2) is 60.9 Å². The van der Waals surface area contributed by atoms with Crippen LogP contribution in [0.5, 0.6) is 0 Å². The van der Waals surface area contributed by atoms with E-state index in [1.165, 1.54) is 14.2 Å². The molecular weight excluding hydrogens is 737 g/mol. The summed E-state index contributed by atoms with van der Waals surface area (Å²) >= 11 is 0. The normalized spacial score (nSPS) is 24.7. The van der Waals surface area contributed by atoms with Crippen molar-refractivity contribution < 1.29 is 28.7 Å². The lowest BCUT2D eigenvalue weighted by atomic mass is 9.83. The largest absolute Gasteiger partial charge is 0.453 e. The fourth-order valence-electron chi connectivity index (χ4n) is 9.66. The molecule has 4 fully saturated rings. The summed E-state index contributed by atoms with van der Waals surface area (Å²) in [5, 5.41) is 5.80. The fraction of sp³-hybridized carbons (Fsp3) is 0.500. The first-order valence-electron chi connectivity index (χ1n) is 20.9. The molecule has 2 aliphatic heterocycles. The van der Waals surface area contributed by atoms with Gasteiger partial charge < -0.3 is 39.9 Å². The number of alkyl carbamates (subject to hydrolysis) is 2. The molecule has 2 aliphatic carbocycles. The second kappa shape index (κ2) is 17.5. The van der Waals surface area contributed by atoms with Crippen molar-refractivity contribution in [1.29, 1.82) is 0 Å². The number of hydrogen-bond donors (Lipinski definition) is 4. The maximum atomic E-state index is 13.9. The van der Waals surface area contributed by atoms with E-state index in [1.54, 1.807) is 0 Å². The maximum absolute atomic E-state index is 13.9. The summed E-state index contributed by atoms with van der Waals surface area (Å²) in [6, 6.07) is 16.0. The zero-order chi connectivity index (χ0) is 40.2. The third-order valence-electron chi connectivity index (χ3n) is 12.8. The lowest BCUT2D eigenvalue weighted by molar-refractivity contribution is -0.139. The van der Waals surface area contributed by atoms with Crippen LogP contribution >= 0.6 is 0 Å². The predicted molar refractivity (Wildman–Crippen MR) is 217 cm³/mol. The van der Waals surface area contributed by atoms with Crippen LogP contribution in [0.3, 0.4) is 0 Å². The Morgan fingerprint density at radius 1 is 0.552 bits per heavy atom. The first-order chi connectivity index (χ1) is 28.3. The zero-order valence-corrected chi connectivity index (χ0v) is 33.4. The molecule has 2 aromatic carbocycles. The van der Waals surface area contributed by atoms with Crippen LogP contribution in [-0.4, -0.2) is 93.1 Å². The molecule has 8 rings (SSSR count). The van der Waals surface area contributed by atoms with E-state index in [2.05, 4.69) is 69.1 Å². The van der Waals surface area contributed by atoms with E-state index in [9.17, 15) is 19.2 Å². The molecule has 2 saturated heterocycles. The average molecular weight is 791 g/mol. The number of imidazole rings is 2. The summed E-state index contributed by atoms with van der Waals surface area (Å²) in [5.74, 6) is 1.21. The number of carbonyl (C=O) groups excluding carboxylic acids is 4. The number of benzene rings is 2. The maximum Gasteiger partial charge on any atom is 0.407 e. The standard InChI is InChI=1S/C44H54N8O6/c1-57-43(55)49-33-11-5-3-9-31(33)41(53)51-23-7-13-37(51)39-45-25-35(47-39)29-19-15-27(16-20-29)28-17-21-30(22-18-28)36-26-46-40(48-36)38-14-8-24-52(38)42(54)32-10-4-6-12-34(32)50-44(56)58-2/h15-22,25-26,31-34,37-38H,3-14,23-24H2,1-2H3,(H,45,47)(H,46,48)(H,49,55)(H,50,56)/t31-,32-,33+,34+,37-,38-/m0/s1. The molecule has 2 aromatic heterocycles. The number of hydrogen-bond acceptors (Lipinski definition) is 8. The topological polar surface area (TPSA) is 175 Å². The van der Waals surface area contributed by atoms with Crippen LogP contribution in [0.2, 0.25) is 0 Å². The number of nitrogens with zero attached hydrogens (tertiary/aromatic N) is 4. The Morgan fingerprint density at radius 2 is 0.931 bits per heavy atom. The Kier molecular flexibility index (Phi) is 11.8. The quantitative estimate of drug-likeness (QED) is 0.137. The zero-order valence-electron chi connectivity index (χ0n) is 33.4. The Hall–Kier alpha value is -5.66. The molecule has 4 heterocycles. The number of rotatable bonds is 9. The third-order valence-corrected chi connectivity index (χ3v) is 12.8. The molecule has 4 aliphatic rings. The molecule has 14 nitrogen and oxygen atoms in total. The first-order valence-corrected chi connectivity index (χ1v) is 20.9. The molecule has 4 amide bonds. The van der Waals surface area contributed by atoms with Gasteiger partial charge in [-0.15, -0.1) is 0 Å². The van der Waals surface area contributed by atoms with Gasteiger partial charge in [-0.1, -0.05) is 74.2 Å². The number of nitrogens with one attached hydrogen (secondary N) is 4. The number of aromatic amines is 2. The molecule has 0 bridgehead atoms. The monoisotopic (exact) mass is 790 g/mol. The molecule has 2 saturated carbocycles. The second-order valence-corrected chi connectivity index (χ2v) is 16.2. The van der Waals surface area contributed by atoms with Gasteiger partial charge in [0, 0.05) is 25.2 Å². The van der Waals surface area contributed by atoms with Crippen molar-refractivity contribution in [1.82, 2.24) is 40.4 Å². The van der Waals surface area contributed by atoms with Crippen molar-refractivity contribution in [2.24, 2.45) is 11.8 Å². The van der Waals surface area contributed by atoms with Gasteiger partial charge in [0.05, 0.1) is 61.9 Å². The molecule has 0 spiro atoms. The van der Waals surface area contributed by atoms with Crippen LogP contribution in [-0.2, 0) is 19.1 Å². The van der Waals surface area contributed by atoms with Crippen molar-refractivity contribution >= 4 is 24.0 Å². The highest BCUT2D eigenvalue weighted by Gasteiger charge is 2.41. The number of likely N-dealkylation sites (tertiary alicyclic amines) is 2. The minimum Gasteiger partial charge on any atom is -0.453 e. The van der Waals surface area contributed by atoms with Gasteiger partial charge in [-0.25, -0.2) is 19.6 Å². The fourth-order valence-corrected chi connectivity index (χ4v) is 9.66.